The Morgan fingerprint density at radius 3 is 1.71 bits per heavy atom. The summed E-state index contributed by atoms with van der Waals surface area (Å²) in [5, 5.41) is 0. The van der Waals surface area contributed by atoms with Gasteiger partial charge in [-0.3, -0.25) is 0 Å². The molecule has 1 nitrogen and oxygen atoms in total. The van der Waals surface area contributed by atoms with Crippen molar-refractivity contribution >= 4 is 77.4 Å². The average molecular weight is 653 g/mol. The highest BCUT2D eigenvalue weighted by atomic mass is 127. The minimum atomic E-state index is 0. The van der Waals surface area contributed by atoms with Gasteiger partial charge in [-0.1, -0.05) is 66.7 Å². The first kappa shape index (κ1) is 21.4. The number of hydrogen-bond donors (Lipinski definition) is 0. The van der Waals surface area contributed by atoms with Crippen LogP contribution in [-0.4, -0.2) is 4.40 Å². The first-order valence-electron chi connectivity index (χ1n) is 7.14. The molecule has 0 N–H and O–H groups in total. The Morgan fingerprint density at radius 1 is 0.542 bits per heavy atom. The van der Waals surface area contributed by atoms with E-state index >= 15 is 0 Å². The van der Waals surface area contributed by atoms with Crippen molar-refractivity contribution < 1.29 is 0 Å². The highest BCUT2D eigenvalue weighted by Crippen LogP contribution is 2.36. The van der Waals surface area contributed by atoms with Crippen LogP contribution in [0.2, 0.25) is 0 Å². The zero-order chi connectivity index (χ0) is 14.1. The Labute approximate surface area is 193 Å². The van der Waals surface area contributed by atoms with E-state index in [1.807, 2.05) is 0 Å². The number of aromatic nitrogens is 1. The van der Waals surface area contributed by atoms with Crippen molar-refractivity contribution in [2.24, 2.45) is 0 Å². The zero-order valence-electron chi connectivity index (χ0n) is 12.8. The van der Waals surface area contributed by atoms with Crippen LogP contribution >= 0.6 is 71.9 Å². The number of fused-ring (bicyclic) bond motifs is 1. The Morgan fingerprint density at radius 2 is 1.08 bits per heavy atom. The van der Waals surface area contributed by atoms with Gasteiger partial charge in [-0.15, -0.1) is 71.9 Å². The second kappa shape index (κ2) is 9.76. The van der Waals surface area contributed by atoms with Gasteiger partial charge in [-0.05, 0) is 23.3 Å². The van der Waals surface area contributed by atoms with Crippen molar-refractivity contribution in [3.63, 3.8) is 0 Å². The maximum atomic E-state index is 2.22. The number of pyridine rings is 1. The molecule has 0 saturated heterocycles. The number of benzene rings is 2. The molecule has 2 aromatic carbocycles. The standard InChI is InChI=1S/C20H15N.3HI/c1-3-9-16(10-4-1)18-15-21-14-8-7-13-19(21)20(18)17-11-5-2-6-12-17;;;/h1-15H;3*1H. The van der Waals surface area contributed by atoms with E-state index < -0.39 is 0 Å². The fraction of sp³-hybridized carbons (Fsp3) is 0. The van der Waals surface area contributed by atoms with E-state index in [-0.39, 0.29) is 71.9 Å². The molecular formula is C20H18I3N. The zero-order valence-corrected chi connectivity index (χ0v) is 19.8. The van der Waals surface area contributed by atoms with E-state index in [9.17, 15) is 0 Å². The molecule has 24 heavy (non-hydrogen) atoms. The van der Waals surface area contributed by atoms with E-state index in [1.165, 1.54) is 27.8 Å². The Balaban J connectivity index is 0.000000960. The third-order valence-corrected chi connectivity index (χ3v) is 3.83. The molecule has 124 valence electrons. The molecule has 0 aliphatic heterocycles. The van der Waals surface area contributed by atoms with Gasteiger partial charge in [0, 0.05) is 23.5 Å². The molecule has 0 unspecified atom stereocenters. The number of hydrogen-bond acceptors (Lipinski definition) is 0. The lowest BCUT2D eigenvalue weighted by Gasteiger charge is -2.05. The van der Waals surface area contributed by atoms with Crippen molar-refractivity contribution in [3.8, 4) is 22.3 Å². The van der Waals surface area contributed by atoms with Crippen LogP contribution in [0.5, 0.6) is 0 Å². The van der Waals surface area contributed by atoms with Gasteiger partial charge in [0.15, 0.2) is 0 Å². The third kappa shape index (κ3) is 4.13. The predicted octanol–water partition coefficient (Wildman–Crippen LogP) is 7.13. The minimum Gasteiger partial charge on any atom is -0.323 e. The molecule has 0 aliphatic carbocycles. The maximum absolute atomic E-state index is 2.22. The summed E-state index contributed by atoms with van der Waals surface area (Å²) in [4.78, 5) is 0. The average Bonchev–Trinajstić information content (AvgIpc) is 2.96. The van der Waals surface area contributed by atoms with Gasteiger partial charge in [-0.25, -0.2) is 0 Å². The highest BCUT2D eigenvalue weighted by molar-refractivity contribution is 14.0. The van der Waals surface area contributed by atoms with Crippen LogP contribution in [-0.2, 0) is 0 Å². The van der Waals surface area contributed by atoms with Crippen LogP contribution in [0.15, 0.2) is 91.3 Å². The lowest BCUT2D eigenvalue weighted by Crippen LogP contribution is -1.81. The van der Waals surface area contributed by atoms with Crippen molar-refractivity contribution in [1.82, 2.24) is 4.40 Å². The summed E-state index contributed by atoms with van der Waals surface area (Å²) in [7, 11) is 0. The van der Waals surface area contributed by atoms with Crippen LogP contribution in [0.1, 0.15) is 0 Å². The number of nitrogens with zero attached hydrogens (tertiary/aromatic N) is 1. The second-order valence-corrected chi connectivity index (χ2v) is 5.14. The van der Waals surface area contributed by atoms with Crippen molar-refractivity contribution in [3.05, 3.63) is 91.3 Å². The lowest BCUT2D eigenvalue weighted by atomic mass is 9.98. The lowest BCUT2D eigenvalue weighted by molar-refractivity contribution is 1.20. The highest BCUT2D eigenvalue weighted by Gasteiger charge is 2.13. The molecular weight excluding hydrogens is 635 g/mol. The molecule has 0 radical (unpaired) electrons. The second-order valence-electron chi connectivity index (χ2n) is 5.14. The van der Waals surface area contributed by atoms with Crippen LogP contribution in [0.25, 0.3) is 27.8 Å². The van der Waals surface area contributed by atoms with Gasteiger partial charge in [-0.2, -0.15) is 0 Å². The SMILES string of the molecule is I.I.I.c1ccc(-c2cn3ccccc3c2-c2ccccc2)cc1. The predicted molar refractivity (Wildman–Crippen MR) is 135 cm³/mol. The smallest absolute Gasteiger partial charge is 0.0534 e. The van der Waals surface area contributed by atoms with Crippen LogP contribution in [0.4, 0.5) is 0 Å². The molecule has 0 amide bonds. The molecule has 4 rings (SSSR count). The summed E-state index contributed by atoms with van der Waals surface area (Å²) in [6.07, 6.45) is 4.32. The fourth-order valence-corrected chi connectivity index (χ4v) is 2.87. The van der Waals surface area contributed by atoms with Crippen LogP contribution in [0, 0.1) is 0 Å². The van der Waals surface area contributed by atoms with Gasteiger partial charge in [0.05, 0.1) is 5.52 Å². The Bertz CT molecular complexity index is 887. The summed E-state index contributed by atoms with van der Waals surface area (Å²) < 4.78 is 2.20. The van der Waals surface area contributed by atoms with Gasteiger partial charge in [0.25, 0.3) is 0 Å². The first-order chi connectivity index (χ1) is 10.4. The molecule has 4 heteroatoms. The molecule has 0 spiro atoms. The van der Waals surface area contributed by atoms with E-state index in [4.69, 9.17) is 0 Å². The summed E-state index contributed by atoms with van der Waals surface area (Å²) in [5.41, 5.74) is 6.31. The summed E-state index contributed by atoms with van der Waals surface area (Å²) in [5.74, 6) is 0. The molecule has 2 aromatic heterocycles. The van der Waals surface area contributed by atoms with E-state index in [2.05, 4.69) is 95.7 Å². The molecule has 0 fully saturated rings. The van der Waals surface area contributed by atoms with Gasteiger partial charge < -0.3 is 4.40 Å². The van der Waals surface area contributed by atoms with Gasteiger partial charge in [0.2, 0.25) is 0 Å². The van der Waals surface area contributed by atoms with E-state index in [0.29, 0.717) is 0 Å². The summed E-state index contributed by atoms with van der Waals surface area (Å²) in [6, 6.07) is 27.5. The Hall–Kier alpha value is -0.610. The minimum absolute atomic E-state index is 0. The van der Waals surface area contributed by atoms with Crippen molar-refractivity contribution in [2.45, 2.75) is 0 Å². The van der Waals surface area contributed by atoms with E-state index in [0.717, 1.165) is 0 Å². The molecule has 2 heterocycles. The van der Waals surface area contributed by atoms with Gasteiger partial charge in [0.1, 0.15) is 0 Å². The molecule has 0 atom stereocenters. The molecule has 0 saturated carbocycles. The van der Waals surface area contributed by atoms with Crippen LogP contribution < -0.4 is 0 Å². The Kier molecular flexibility index (Phi) is 8.72. The van der Waals surface area contributed by atoms with Crippen molar-refractivity contribution in [1.29, 1.82) is 0 Å². The maximum Gasteiger partial charge on any atom is 0.0534 e. The third-order valence-electron chi connectivity index (χ3n) is 3.83. The largest absolute Gasteiger partial charge is 0.323 e. The first-order valence-corrected chi connectivity index (χ1v) is 7.14. The van der Waals surface area contributed by atoms with Gasteiger partial charge >= 0.3 is 0 Å². The van der Waals surface area contributed by atoms with E-state index in [1.54, 1.807) is 0 Å². The normalized spacial score (nSPS) is 9.50. The topological polar surface area (TPSA) is 4.41 Å². The molecule has 0 bridgehead atoms. The monoisotopic (exact) mass is 653 g/mol. The van der Waals surface area contributed by atoms with Crippen LogP contribution in [0.3, 0.4) is 0 Å². The number of halogens is 3. The number of rotatable bonds is 2. The molecule has 4 aromatic rings. The molecule has 0 aliphatic rings. The van der Waals surface area contributed by atoms with Crippen molar-refractivity contribution in [2.75, 3.05) is 0 Å². The summed E-state index contributed by atoms with van der Waals surface area (Å²) >= 11 is 0. The quantitative estimate of drug-likeness (QED) is 0.203. The fourth-order valence-electron chi connectivity index (χ4n) is 2.87. The summed E-state index contributed by atoms with van der Waals surface area (Å²) in [6.45, 7) is 0.